The first-order valence-electron chi connectivity index (χ1n) is 12.8. The molecule has 3 aromatic rings. The highest BCUT2D eigenvalue weighted by Crippen LogP contribution is 2.32. The average Bonchev–Trinajstić information content (AvgIpc) is 3.38. The van der Waals surface area contributed by atoms with E-state index in [9.17, 15) is 9.59 Å². The molecule has 36 heavy (non-hydrogen) atoms. The summed E-state index contributed by atoms with van der Waals surface area (Å²) in [6.45, 7) is 4.29. The molecule has 0 unspecified atom stereocenters. The molecule has 1 spiro atoms. The van der Waals surface area contributed by atoms with Crippen molar-refractivity contribution in [3.63, 3.8) is 0 Å². The third-order valence-electron chi connectivity index (χ3n) is 7.66. The van der Waals surface area contributed by atoms with E-state index in [2.05, 4.69) is 4.98 Å². The van der Waals surface area contributed by atoms with Crippen molar-refractivity contribution in [2.75, 3.05) is 44.3 Å². The van der Waals surface area contributed by atoms with E-state index < -0.39 is 5.79 Å². The quantitative estimate of drug-likeness (QED) is 0.556. The van der Waals surface area contributed by atoms with Gasteiger partial charge >= 0.3 is 0 Å². The molecule has 0 saturated carbocycles. The van der Waals surface area contributed by atoms with Gasteiger partial charge in [-0.3, -0.25) is 14.2 Å². The Morgan fingerprint density at radius 1 is 0.972 bits per heavy atom. The van der Waals surface area contributed by atoms with Crippen LogP contribution in [0.5, 0.6) is 0 Å². The molecule has 1 aromatic carbocycles. The summed E-state index contributed by atoms with van der Waals surface area (Å²) in [4.78, 5) is 40.0. The number of hydrogen-bond acceptors (Lipinski definition) is 7. The predicted molar refractivity (Wildman–Crippen MR) is 135 cm³/mol. The van der Waals surface area contributed by atoms with Gasteiger partial charge in [-0.1, -0.05) is 30.3 Å². The number of hydrogen-bond donors (Lipinski definition) is 0. The lowest BCUT2D eigenvalue weighted by molar-refractivity contribution is -0.188. The second kappa shape index (κ2) is 9.63. The van der Waals surface area contributed by atoms with E-state index in [0.29, 0.717) is 75.8 Å². The lowest BCUT2D eigenvalue weighted by Crippen LogP contribution is -2.50. The number of carbonyl (C=O) groups is 1. The summed E-state index contributed by atoms with van der Waals surface area (Å²) in [6.07, 6.45) is 4.56. The number of likely N-dealkylation sites (tertiary alicyclic amines) is 1. The van der Waals surface area contributed by atoms with Crippen molar-refractivity contribution in [3.8, 4) is 0 Å². The molecule has 9 heteroatoms. The number of ether oxygens (including phenoxy) is 2. The van der Waals surface area contributed by atoms with Crippen LogP contribution < -0.4 is 10.5 Å². The number of benzene rings is 1. The van der Waals surface area contributed by atoms with Gasteiger partial charge in [-0.15, -0.1) is 0 Å². The lowest BCUT2D eigenvalue weighted by Gasteiger charge is -2.40. The fraction of sp³-hybridized carbons (Fsp3) is 0.481. The van der Waals surface area contributed by atoms with Crippen LogP contribution >= 0.6 is 0 Å². The first-order valence-corrected chi connectivity index (χ1v) is 12.8. The number of carbonyl (C=O) groups excluding carboxylic acids is 1. The minimum Gasteiger partial charge on any atom is -0.352 e. The molecule has 3 saturated heterocycles. The van der Waals surface area contributed by atoms with E-state index in [4.69, 9.17) is 14.5 Å². The Morgan fingerprint density at radius 3 is 2.42 bits per heavy atom. The molecule has 0 radical (unpaired) electrons. The highest BCUT2D eigenvalue weighted by molar-refractivity contribution is 5.79. The highest BCUT2D eigenvalue weighted by Gasteiger charge is 2.42. The Balaban J connectivity index is 1.17. The molecular formula is C27H31N5O4. The van der Waals surface area contributed by atoms with E-state index in [1.807, 2.05) is 52.3 Å². The van der Waals surface area contributed by atoms with Crippen LogP contribution in [0.25, 0.3) is 11.2 Å². The molecule has 5 heterocycles. The average molecular weight is 490 g/mol. The fourth-order valence-corrected chi connectivity index (χ4v) is 5.63. The summed E-state index contributed by atoms with van der Waals surface area (Å²) in [7, 11) is 0. The van der Waals surface area contributed by atoms with E-state index >= 15 is 0 Å². The second-order valence-electron chi connectivity index (χ2n) is 9.85. The Hall–Kier alpha value is -3.30. The van der Waals surface area contributed by atoms with Gasteiger partial charge in [-0.25, -0.2) is 9.97 Å². The number of aromatic nitrogens is 3. The molecule has 9 nitrogen and oxygen atoms in total. The number of anilines is 1. The van der Waals surface area contributed by atoms with Crippen LogP contribution in [0.1, 0.15) is 31.2 Å². The van der Waals surface area contributed by atoms with Crippen LogP contribution in [0.4, 0.5) is 5.82 Å². The molecule has 0 atom stereocenters. The molecule has 0 aliphatic carbocycles. The molecule has 188 valence electrons. The Bertz CT molecular complexity index is 1290. The Morgan fingerprint density at radius 2 is 1.69 bits per heavy atom. The van der Waals surface area contributed by atoms with Gasteiger partial charge in [0.2, 0.25) is 5.91 Å². The number of piperidine rings is 2. The summed E-state index contributed by atoms with van der Waals surface area (Å²) < 4.78 is 13.3. The van der Waals surface area contributed by atoms with Gasteiger partial charge in [0.15, 0.2) is 17.3 Å². The van der Waals surface area contributed by atoms with Crippen LogP contribution in [0.15, 0.2) is 53.5 Å². The van der Waals surface area contributed by atoms with E-state index in [1.165, 1.54) is 0 Å². The first-order chi connectivity index (χ1) is 17.6. The van der Waals surface area contributed by atoms with Crippen molar-refractivity contribution in [2.24, 2.45) is 5.92 Å². The molecule has 1 amide bonds. The number of rotatable bonds is 4. The minimum atomic E-state index is -0.476. The maximum Gasteiger partial charge on any atom is 0.295 e. The summed E-state index contributed by atoms with van der Waals surface area (Å²) in [5.74, 6) is 0.137. The SMILES string of the molecule is O=C(C1CCN(c2nc3cccnc3n(Cc3ccccc3)c2=O)CC1)N1CCC2(CC1)OCCO2. The molecule has 2 aromatic heterocycles. The third kappa shape index (κ3) is 4.37. The van der Waals surface area contributed by atoms with E-state index in [-0.39, 0.29) is 17.4 Å². The van der Waals surface area contributed by atoms with Crippen molar-refractivity contribution in [3.05, 3.63) is 64.6 Å². The van der Waals surface area contributed by atoms with Crippen molar-refractivity contribution in [1.29, 1.82) is 0 Å². The normalized spacial score (nSPS) is 20.3. The second-order valence-corrected chi connectivity index (χ2v) is 9.85. The van der Waals surface area contributed by atoms with Gasteiger partial charge < -0.3 is 19.3 Å². The molecule has 3 aliphatic heterocycles. The third-order valence-corrected chi connectivity index (χ3v) is 7.66. The van der Waals surface area contributed by atoms with Crippen molar-refractivity contribution < 1.29 is 14.3 Å². The summed E-state index contributed by atoms with van der Waals surface area (Å²) in [5.41, 5.74) is 2.16. The zero-order chi connectivity index (χ0) is 24.5. The maximum absolute atomic E-state index is 13.6. The number of nitrogens with zero attached hydrogens (tertiary/aromatic N) is 5. The van der Waals surface area contributed by atoms with Gasteiger partial charge in [0.1, 0.15) is 5.52 Å². The van der Waals surface area contributed by atoms with Crippen LogP contribution in [0.3, 0.4) is 0 Å². The molecule has 0 N–H and O–H groups in total. The highest BCUT2D eigenvalue weighted by atomic mass is 16.7. The number of pyridine rings is 1. The van der Waals surface area contributed by atoms with E-state index in [1.54, 1.807) is 10.8 Å². The van der Waals surface area contributed by atoms with Gasteiger partial charge in [0.25, 0.3) is 5.56 Å². The molecular weight excluding hydrogens is 458 g/mol. The largest absolute Gasteiger partial charge is 0.352 e. The predicted octanol–water partition coefficient (Wildman–Crippen LogP) is 2.42. The number of amides is 1. The standard InChI is InChI=1S/C27H31N5O4/c33-25(31-15-10-27(11-16-31)35-17-18-36-27)21-8-13-30(14-9-21)24-26(34)32(19-20-5-2-1-3-6-20)23-22(29-24)7-4-12-28-23/h1-7,12,21H,8-11,13-19H2. The van der Waals surface area contributed by atoms with Gasteiger partial charge in [0.05, 0.1) is 19.8 Å². The molecule has 3 fully saturated rings. The monoisotopic (exact) mass is 489 g/mol. The summed E-state index contributed by atoms with van der Waals surface area (Å²) in [5, 5.41) is 0. The first kappa shape index (κ1) is 23.1. The van der Waals surface area contributed by atoms with Gasteiger partial charge in [-0.05, 0) is 30.5 Å². The van der Waals surface area contributed by atoms with Crippen molar-refractivity contribution >= 4 is 22.9 Å². The van der Waals surface area contributed by atoms with Crippen molar-refractivity contribution in [1.82, 2.24) is 19.4 Å². The van der Waals surface area contributed by atoms with Crippen molar-refractivity contribution in [2.45, 2.75) is 38.0 Å². The van der Waals surface area contributed by atoms with Crippen LogP contribution in [-0.2, 0) is 20.8 Å². The molecule has 3 aliphatic rings. The van der Waals surface area contributed by atoms with Crippen LogP contribution in [0, 0.1) is 5.92 Å². The van der Waals surface area contributed by atoms with E-state index in [0.717, 1.165) is 18.4 Å². The van der Waals surface area contributed by atoms with Gasteiger partial charge in [-0.2, -0.15) is 0 Å². The lowest BCUT2D eigenvalue weighted by atomic mass is 9.93. The Labute approximate surface area is 209 Å². The van der Waals surface area contributed by atoms with Crippen LogP contribution in [0.2, 0.25) is 0 Å². The molecule has 0 bridgehead atoms. The number of fused-ring (bicyclic) bond motifs is 1. The van der Waals surface area contributed by atoms with Gasteiger partial charge in [0, 0.05) is 51.1 Å². The summed E-state index contributed by atoms with van der Waals surface area (Å²) in [6, 6.07) is 13.6. The maximum atomic E-state index is 13.6. The summed E-state index contributed by atoms with van der Waals surface area (Å²) >= 11 is 0. The Kier molecular flexibility index (Phi) is 6.18. The zero-order valence-corrected chi connectivity index (χ0v) is 20.3. The topological polar surface area (TPSA) is 89.8 Å². The minimum absolute atomic E-state index is 0.0330. The zero-order valence-electron chi connectivity index (χ0n) is 20.3. The molecule has 6 rings (SSSR count). The van der Waals surface area contributed by atoms with Crippen LogP contribution in [-0.4, -0.2) is 70.5 Å². The fourth-order valence-electron chi connectivity index (χ4n) is 5.63. The smallest absolute Gasteiger partial charge is 0.295 e.